The van der Waals surface area contributed by atoms with E-state index in [1.165, 1.54) is 0 Å². The Kier molecular flexibility index (Phi) is 9.32. The van der Waals surface area contributed by atoms with E-state index in [1.54, 1.807) is 6.08 Å². The number of rotatable bonds is 12. The van der Waals surface area contributed by atoms with Crippen LogP contribution >= 0.6 is 0 Å². The van der Waals surface area contributed by atoms with Gasteiger partial charge in [-0.1, -0.05) is 91.0 Å². The van der Waals surface area contributed by atoms with Gasteiger partial charge in [-0.15, -0.1) is 6.58 Å². The SMILES string of the molecule is C=CC[C@H]1C[C@H](Cc2ccccc2)N(C[C@@H](O)C[C@H](Cc2ccccc2)C(=O)N[C@H]2c3ccccc3C[C@H]2O)C1=O. The predicted octanol–water partition coefficient (Wildman–Crippen LogP) is 4.41. The number of nitrogens with zero attached hydrogens (tertiary/aromatic N) is 1. The zero-order chi connectivity index (χ0) is 28.8. The van der Waals surface area contributed by atoms with E-state index < -0.39 is 24.2 Å². The molecule has 3 aromatic carbocycles. The van der Waals surface area contributed by atoms with Crippen molar-refractivity contribution in [1.82, 2.24) is 10.2 Å². The van der Waals surface area contributed by atoms with Crippen molar-refractivity contribution in [3.05, 3.63) is 120 Å². The minimum absolute atomic E-state index is 0.0176. The summed E-state index contributed by atoms with van der Waals surface area (Å²) in [7, 11) is 0. The number of benzene rings is 3. The molecule has 0 spiro atoms. The van der Waals surface area contributed by atoms with E-state index in [2.05, 4.69) is 24.0 Å². The monoisotopic (exact) mass is 552 g/mol. The lowest BCUT2D eigenvalue weighted by Gasteiger charge is -2.29. The molecular weight excluding hydrogens is 512 g/mol. The number of aliphatic hydroxyl groups is 2. The molecule has 3 N–H and O–H groups in total. The summed E-state index contributed by atoms with van der Waals surface area (Å²) in [4.78, 5) is 28.9. The second kappa shape index (κ2) is 13.3. The van der Waals surface area contributed by atoms with Crippen molar-refractivity contribution in [3.63, 3.8) is 0 Å². The molecule has 2 amide bonds. The van der Waals surface area contributed by atoms with Gasteiger partial charge in [0, 0.05) is 30.8 Å². The molecule has 0 radical (unpaired) electrons. The highest BCUT2D eigenvalue weighted by Crippen LogP contribution is 2.33. The van der Waals surface area contributed by atoms with Crippen LogP contribution in [-0.4, -0.2) is 51.7 Å². The first-order valence-corrected chi connectivity index (χ1v) is 14.7. The molecule has 6 nitrogen and oxygen atoms in total. The van der Waals surface area contributed by atoms with Gasteiger partial charge in [-0.25, -0.2) is 0 Å². The van der Waals surface area contributed by atoms with E-state index in [1.807, 2.05) is 77.7 Å². The van der Waals surface area contributed by atoms with E-state index in [-0.39, 0.29) is 36.7 Å². The fourth-order valence-electron chi connectivity index (χ4n) is 6.52. The summed E-state index contributed by atoms with van der Waals surface area (Å²) in [5, 5.41) is 25.2. The molecular formula is C35H40N2O4. The van der Waals surface area contributed by atoms with Gasteiger partial charge in [-0.2, -0.15) is 0 Å². The fraction of sp³-hybridized carbons (Fsp3) is 0.371. The molecule has 214 valence electrons. The van der Waals surface area contributed by atoms with Gasteiger partial charge < -0.3 is 20.4 Å². The maximum absolute atomic E-state index is 13.7. The lowest BCUT2D eigenvalue weighted by molar-refractivity contribution is -0.133. The van der Waals surface area contributed by atoms with Crippen LogP contribution in [0.3, 0.4) is 0 Å². The van der Waals surface area contributed by atoms with Crippen molar-refractivity contribution in [2.45, 2.75) is 62.8 Å². The average Bonchev–Trinajstić information content (AvgIpc) is 3.44. The van der Waals surface area contributed by atoms with Crippen LogP contribution in [0.4, 0.5) is 0 Å². The van der Waals surface area contributed by atoms with E-state index in [0.29, 0.717) is 19.3 Å². The Morgan fingerprint density at radius 1 is 1.00 bits per heavy atom. The first-order chi connectivity index (χ1) is 19.9. The molecule has 0 bridgehead atoms. The smallest absolute Gasteiger partial charge is 0.226 e. The average molecular weight is 553 g/mol. The Labute approximate surface area is 242 Å². The number of likely N-dealkylation sites (tertiary alicyclic amines) is 1. The summed E-state index contributed by atoms with van der Waals surface area (Å²) in [5.41, 5.74) is 4.13. The number of aliphatic hydroxyl groups excluding tert-OH is 2. The number of amides is 2. The van der Waals surface area contributed by atoms with Gasteiger partial charge in [-0.05, 0) is 54.4 Å². The Morgan fingerprint density at radius 2 is 1.66 bits per heavy atom. The maximum atomic E-state index is 13.7. The highest BCUT2D eigenvalue weighted by atomic mass is 16.3. The number of carbonyl (C=O) groups is 2. The van der Waals surface area contributed by atoms with Crippen molar-refractivity contribution in [2.75, 3.05) is 6.54 Å². The number of β-amino-alcohol motifs (C(OH)–C–C–N with tert-alkyl or cyclic N) is 1. The Bertz CT molecular complexity index is 1330. The van der Waals surface area contributed by atoms with Gasteiger partial charge in [0.05, 0.1) is 18.2 Å². The summed E-state index contributed by atoms with van der Waals surface area (Å²) < 4.78 is 0. The van der Waals surface area contributed by atoms with Gasteiger partial charge in [0.15, 0.2) is 0 Å². The number of hydrogen-bond donors (Lipinski definition) is 3. The molecule has 1 saturated heterocycles. The van der Waals surface area contributed by atoms with Crippen molar-refractivity contribution in [3.8, 4) is 0 Å². The summed E-state index contributed by atoms with van der Waals surface area (Å²) >= 11 is 0. The molecule has 0 unspecified atom stereocenters. The maximum Gasteiger partial charge on any atom is 0.226 e. The highest BCUT2D eigenvalue weighted by molar-refractivity contribution is 5.82. The quantitative estimate of drug-likeness (QED) is 0.291. The molecule has 3 aromatic rings. The molecule has 6 heteroatoms. The molecule has 1 aliphatic heterocycles. The molecule has 1 fully saturated rings. The lowest BCUT2D eigenvalue weighted by Crippen LogP contribution is -2.43. The minimum Gasteiger partial charge on any atom is -0.391 e. The zero-order valence-electron chi connectivity index (χ0n) is 23.4. The molecule has 41 heavy (non-hydrogen) atoms. The van der Waals surface area contributed by atoms with E-state index in [4.69, 9.17) is 0 Å². The third-order valence-electron chi connectivity index (χ3n) is 8.56. The summed E-state index contributed by atoms with van der Waals surface area (Å²) in [6.45, 7) is 4.01. The van der Waals surface area contributed by atoms with Crippen LogP contribution in [0.1, 0.15) is 47.6 Å². The lowest BCUT2D eigenvalue weighted by atomic mass is 9.91. The predicted molar refractivity (Wildman–Crippen MR) is 160 cm³/mol. The molecule has 1 heterocycles. The normalized spacial score (nSPS) is 23.2. The van der Waals surface area contributed by atoms with Gasteiger partial charge in [0.25, 0.3) is 0 Å². The second-order valence-corrected chi connectivity index (χ2v) is 11.5. The van der Waals surface area contributed by atoms with Gasteiger partial charge in [-0.3, -0.25) is 9.59 Å². The van der Waals surface area contributed by atoms with E-state index >= 15 is 0 Å². The second-order valence-electron chi connectivity index (χ2n) is 11.5. The highest BCUT2D eigenvalue weighted by Gasteiger charge is 2.40. The van der Waals surface area contributed by atoms with Crippen molar-refractivity contribution in [2.24, 2.45) is 11.8 Å². The number of hydrogen-bond acceptors (Lipinski definition) is 4. The first kappa shape index (κ1) is 28.8. The molecule has 1 aliphatic carbocycles. The molecule has 5 rings (SSSR count). The topological polar surface area (TPSA) is 89.9 Å². The fourth-order valence-corrected chi connectivity index (χ4v) is 6.52. The van der Waals surface area contributed by atoms with Crippen LogP contribution in [0.5, 0.6) is 0 Å². The number of allylic oxidation sites excluding steroid dienone is 1. The van der Waals surface area contributed by atoms with E-state index in [9.17, 15) is 19.8 Å². The molecule has 6 atom stereocenters. The molecule has 0 aromatic heterocycles. The van der Waals surface area contributed by atoms with Crippen LogP contribution in [0.15, 0.2) is 97.6 Å². The third-order valence-corrected chi connectivity index (χ3v) is 8.56. The van der Waals surface area contributed by atoms with Crippen LogP contribution in [-0.2, 0) is 28.9 Å². The first-order valence-electron chi connectivity index (χ1n) is 14.7. The van der Waals surface area contributed by atoms with Crippen LogP contribution in [0.2, 0.25) is 0 Å². The Balaban J connectivity index is 1.31. The summed E-state index contributed by atoms with van der Waals surface area (Å²) in [5.74, 6) is -0.825. The standard InChI is InChI=1S/C35H40N2O4/c1-2-11-27-20-29(19-25-14-7-4-8-15-25)37(35(27)41)23-30(38)21-28(18-24-12-5-3-6-13-24)34(40)36-33-31-17-10-9-16-26(31)22-32(33)39/h2-10,12-17,27-30,32-33,38-39H,1,11,18-23H2,(H,36,40)/t27-,28-,29-,30-,32+,33-/m0/s1. The largest absolute Gasteiger partial charge is 0.391 e. The molecule has 2 aliphatic rings. The molecule has 0 saturated carbocycles. The van der Waals surface area contributed by atoms with Gasteiger partial charge in [0.2, 0.25) is 11.8 Å². The van der Waals surface area contributed by atoms with Crippen molar-refractivity contribution >= 4 is 11.8 Å². The summed E-state index contributed by atoms with van der Waals surface area (Å²) in [6, 6.07) is 27.2. The third kappa shape index (κ3) is 6.95. The Hall–Kier alpha value is -3.74. The van der Waals surface area contributed by atoms with Crippen LogP contribution in [0.25, 0.3) is 0 Å². The van der Waals surface area contributed by atoms with Crippen molar-refractivity contribution in [1.29, 1.82) is 0 Å². The van der Waals surface area contributed by atoms with E-state index in [0.717, 1.165) is 35.1 Å². The minimum atomic E-state index is -0.875. The summed E-state index contributed by atoms with van der Waals surface area (Å²) in [6.07, 6.45) is 3.44. The number of carbonyl (C=O) groups excluding carboxylic acids is 2. The van der Waals surface area contributed by atoms with Gasteiger partial charge in [0.1, 0.15) is 0 Å². The van der Waals surface area contributed by atoms with Crippen LogP contribution < -0.4 is 5.32 Å². The Morgan fingerprint density at radius 3 is 2.37 bits per heavy atom. The van der Waals surface area contributed by atoms with Gasteiger partial charge >= 0.3 is 0 Å². The number of fused-ring (bicyclic) bond motifs is 1. The van der Waals surface area contributed by atoms with Crippen molar-refractivity contribution < 1.29 is 19.8 Å². The number of nitrogens with one attached hydrogen (secondary N) is 1. The zero-order valence-corrected chi connectivity index (χ0v) is 23.4. The van der Waals surface area contributed by atoms with Crippen LogP contribution in [0, 0.1) is 11.8 Å².